The third-order valence-corrected chi connectivity index (χ3v) is 6.56. The molecule has 42 heavy (non-hydrogen) atoms. The summed E-state index contributed by atoms with van der Waals surface area (Å²) in [6.45, 7) is 5.33. The third kappa shape index (κ3) is 15.3. The summed E-state index contributed by atoms with van der Waals surface area (Å²) in [5.41, 5.74) is 22.7. The molecule has 0 saturated carbocycles. The summed E-state index contributed by atoms with van der Waals surface area (Å²) in [5, 5.41) is 11.2. The van der Waals surface area contributed by atoms with Crippen LogP contribution < -0.4 is 44.2 Å². The fraction of sp³-hybridized carbons (Fsp3) is 0.621. The zero-order valence-corrected chi connectivity index (χ0v) is 25.1. The number of hydrogen-bond donors (Lipinski definition) is 8. The molecule has 13 heteroatoms. The van der Waals surface area contributed by atoms with Crippen molar-refractivity contribution < 1.29 is 19.2 Å². The highest BCUT2D eigenvalue weighted by atomic mass is 16.2. The largest absolute Gasteiger partial charge is 0.370 e. The summed E-state index contributed by atoms with van der Waals surface area (Å²) in [7, 11) is 0. The SMILES string of the molecule is CC(C)[C@H](NC(=O)[C@H](CCCN=C(N)N)NC(=O)Cc1ccccc1)C(=O)N[C@@H](CCCCN)C(=O)NCCCCN. The number of hydrogen-bond acceptors (Lipinski definition) is 7. The van der Waals surface area contributed by atoms with Gasteiger partial charge in [0, 0.05) is 13.1 Å². The minimum Gasteiger partial charge on any atom is -0.370 e. The summed E-state index contributed by atoms with van der Waals surface area (Å²) < 4.78 is 0. The van der Waals surface area contributed by atoms with Gasteiger partial charge >= 0.3 is 0 Å². The molecule has 0 unspecified atom stereocenters. The monoisotopic (exact) mass is 589 g/mol. The van der Waals surface area contributed by atoms with Gasteiger partial charge in [-0.25, -0.2) is 0 Å². The highest BCUT2D eigenvalue weighted by molar-refractivity contribution is 5.94. The van der Waals surface area contributed by atoms with Crippen LogP contribution in [0.5, 0.6) is 0 Å². The molecule has 236 valence electrons. The molecule has 0 saturated heterocycles. The molecular formula is C29H51N9O4. The number of aliphatic imine (C=N–C) groups is 1. The number of benzene rings is 1. The third-order valence-electron chi connectivity index (χ3n) is 6.56. The maximum absolute atomic E-state index is 13.4. The van der Waals surface area contributed by atoms with Gasteiger partial charge in [-0.3, -0.25) is 24.2 Å². The Morgan fingerprint density at radius 3 is 2.00 bits per heavy atom. The summed E-state index contributed by atoms with van der Waals surface area (Å²) >= 11 is 0. The van der Waals surface area contributed by atoms with E-state index < -0.39 is 29.9 Å². The molecule has 1 rings (SSSR count). The topological polar surface area (TPSA) is 233 Å². The van der Waals surface area contributed by atoms with Crippen LogP contribution in [0.4, 0.5) is 0 Å². The molecule has 0 aromatic heterocycles. The van der Waals surface area contributed by atoms with Gasteiger partial charge < -0.3 is 44.2 Å². The van der Waals surface area contributed by atoms with Crippen molar-refractivity contribution in [3.63, 3.8) is 0 Å². The molecule has 3 atom stereocenters. The van der Waals surface area contributed by atoms with E-state index in [1.165, 1.54) is 0 Å². The number of carbonyl (C=O) groups excluding carboxylic acids is 4. The second-order valence-electron chi connectivity index (χ2n) is 10.6. The van der Waals surface area contributed by atoms with Crippen LogP contribution in [0.25, 0.3) is 0 Å². The van der Waals surface area contributed by atoms with Crippen molar-refractivity contribution in [3.8, 4) is 0 Å². The lowest BCUT2D eigenvalue weighted by Gasteiger charge is -2.27. The van der Waals surface area contributed by atoms with Crippen LogP contribution >= 0.6 is 0 Å². The highest BCUT2D eigenvalue weighted by Gasteiger charge is 2.31. The van der Waals surface area contributed by atoms with Crippen molar-refractivity contribution in [1.29, 1.82) is 0 Å². The van der Waals surface area contributed by atoms with Crippen LogP contribution in [0.2, 0.25) is 0 Å². The Balaban J connectivity index is 2.97. The molecule has 0 aliphatic heterocycles. The van der Waals surface area contributed by atoms with Crippen molar-refractivity contribution in [2.24, 2.45) is 33.8 Å². The zero-order valence-electron chi connectivity index (χ0n) is 25.1. The van der Waals surface area contributed by atoms with Crippen LogP contribution in [0.1, 0.15) is 64.4 Å². The van der Waals surface area contributed by atoms with Crippen molar-refractivity contribution in [2.75, 3.05) is 26.2 Å². The van der Waals surface area contributed by atoms with Crippen LogP contribution in [0, 0.1) is 5.92 Å². The van der Waals surface area contributed by atoms with Crippen LogP contribution in [0.3, 0.4) is 0 Å². The Kier molecular flexibility index (Phi) is 18.2. The van der Waals surface area contributed by atoms with Crippen molar-refractivity contribution in [3.05, 3.63) is 35.9 Å². The lowest BCUT2D eigenvalue weighted by Crippen LogP contribution is -2.58. The Labute approximate surface area is 249 Å². The van der Waals surface area contributed by atoms with E-state index in [2.05, 4.69) is 26.3 Å². The highest BCUT2D eigenvalue weighted by Crippen LogP contribution is 2.09. The number of nitrogens with one attached hydrogen (secondary N) is 4. The summed E-state index contributed by atoms with van der Waals surface area (Å²) in [6.07, 6.45) is 4.06. The molecule has 1 aromatic rings. The number of nitrogens with two attached hydrogens (primary N) is 4. The van der Waals surface area contributed by atoms with Crippen LogP contribution in [-0.4, -0.2) is 73.9 Å². The normalized spacial score (nSPS) is 13.0. The molecule has 1 aromatic carbocycles. The van der Waals surface area contributed by atoms with Gasteiger partial charge in [-0.2, -0.15) is 0 Å². The number of guanidine groups is 1. The minimum atomic E-state index is -0.939. The number of amides is 4. The first-order valence-electron chi connectivity index (χ1n) is 14.8. The fourth-order valence-corrected chi connectivity index (χ4v) is 4.22. The van der Waals surface area contributed by atoms with E-state index in [-0.39, 0.29) is 43.1 Å². The summed E-state index contributed by atoms with van der Waals surface area (Å²) in [4.78, 5) is 56.4. The van der Waals surface area contributed by atoms with Gasteiger partial charge in [0.2, 0.25) is 23.6 Å². The van der Waals surface area contributed by atoms with E-state index >= 15 is 0 Å². The molecule has 0 spiro atoms. The Morgan fingerprint density at radius 2 is 1.38 bits per heavy atom. The first kappa shape index (κ1) is 36.3. The first-order valence-corrected chi connectivity index (χ1v) is 14.8. The quantitative estimate of drug-likeness (QED) is 0.0521. The zero-order chi connectivity index (χ0) is 31.3. The molecule has 0 aliphatic rings. The molecule has 0 heterocycles. The van der Waals surface area contributed by atoms with Gasteiger partial charge in [0.25, 0.3) is 0 Å². The predicted molar refractivity (Wildman–Crippen MR) is 165 cm³/mol. The van der Waals surface area contributed by atoms with Gasteiger partial charge in [-0.15, -0.1) is 0 Å². The Hall–Kier alpha value is -3.71. The van der Waals surface area contributed by atoms with Crippen LogP contribution in [-0.2, 0) is 25.6 Å². The molecule has 0 aliphatic carbocycles. The van der Waals surface area contributed by atoms with Crippen LogP contribution in [0.15, 0.2) is 35.3 Å². The predicted octanol–water partition coefficient (Wildman–Crippen LogP) is -0.623. The van der Waals surface area contributed by atoms with E-state index in [1.807, 2.05) is 30.3 Å². The number of nitrogens with zero attached hydrogens (tertiary/aromatic N) is 1. The second-order valence-corrected chi connectivity index (χ2v) is 10.6. The molecule has 12 N–H and O–H groups in total. The summed E-state index contributed by atoms with van der Waals surface area (Å²) in [5.74, 6) is -1.99. The average molecular weight is 590 g/mol. The fourth-order valence-electron chi connectivity index (χ4n) is 4.22. The maximum atomic E-state index is 13.4. The Morgan fingerprint density at radius 1 is 0.762 bits per heavy atom. The van der Waals surface area contributed by atoms with E-state index in [9.17, 15) is 19.2 Å². The van der Waals surface area contributed by atoms with Crippen molar-refractivity contribution in [1.82, 2.24) is 21.3 Å². The van der Waals surface area contributed by atoms with E-state index in [4.69, 9.17) is 22.9 Å². The lowest BCUT2D eigenvalue weighted by atomic mass is 10.0. The Bertz CT molecular complexity index is 985. The minimum absolute atomic E-state index is 0.0647. The van der Waals surface area contributed by atoms with Gasteiger partial charge in [-0.05, 0) is 69.5 Å². The number of rotatable bonds is 21. The molecule has 0 radical (unpaired) electrons. The average Bonchev–Trinajstić information content (AvgIpc) is 2.95. The molecular weight excluding hydrogens is 538 g/mol. The summed E-state index contributed by atoms with van der Waals surface area (Å²) in [6, 6.07) is 6.53. The van der Waals surface area contributed by atoms with Gasteiger partial charge in [-0.1, -0.05) is 44.2 Å². The van der Waals surface area contributed by atoms with Gasteiger partial charge in [0.1, 0.15) is 18.1 Å². The van der Waals surface area contributed by atoms with E-state index in [0.717, 1.165) is 18.4 Å². The number of carbonyl (C=O) groups is 4. The van der Waals surface area contributed by atoms with Gasteiger partial charge in [0.15, 0.2) is 5.96 Å². The second kappa shape index (κ2) is 21.1. The van der Waals surface area contributed by atoms with Crippen molar-refractivity contribution in [2.45, 2.75) is 83.3 Å². The van der Waals surface area contributed by atoms with E-state index in [1.54, 1.807) is 13.8 Å². The molecule has 0 bridgehead atoms. The molecule has 0 fully saturated rings. The lowest BCUT2D eigenvalue weighted by molar-refractivity contribution is -0.134. The van der Waals surface area contributed by atoms with Crippen molar-refractivity contribution >= 4 is 29.6 Å². The maximum Gasteiger partial charge on any atom is 0.243 e. The number of unbranched alkanes of at least 4 members (excludes halogenated alkanes) is 2. The molecule has 4 amide bonds. The van der Waals surface area contributed by atoms with Gasteiger partial charge in [0.05, 0.1) is 6.42 Å². The molecule has 13 nitrogen and oxygen atoms in total. The first-order chi connectivity index (χ1) is 20.1. The standard InChI is InChI=1S/C29H51N9O4/c1-20(2)25(28(42)37-22(13-6-7-15-30)26(40)34-17-9-8-16-31)38-27(41)23(14-10-18-35-29(32)33)36-24(39)19-21-11-4-3-5-12-21/h3-5,11-12,20,22-23,25H,6-10,13-19,30-31H2,1-2H3,(H,34,40)(H,36,39)(H,37,42)(H,38,41)(H4,32,33,35)/t22-,23-,25-/m0/s1. The smallest absolute Gasteiger partial charge is 0.243 e. The van der Waals surface area contributed by atoms with E-state index in [0.29, 0.717) is 45.3 Å².